The maximum absolute atomic E-state index is 5.27. The summed E-state index contributed by atoms with van der Waals surface area (Å²) in [5, 5.41) is 0.623. The van der Waals surface area contributed by atoms with Crippen LogP contribution in [0.1, 0.15) is 20.3 Å². The van der Waals surface area contributed by atoms with E-state index < -0.39 is 0 Å². The highest BCUT2D eigenvalue weighted by molar-refractivity contribution is 8.23. The van der Waals surface area contributed by atoms with Crippen molar-refractivity contribution in [3.05, 3.63) is 0 Å². The molecule has 1 aliphatic heterocycles. The average molecular weight is 221 g/mol. The van der Waals surface area contributed by atoms with Crippen LogP contribution in [0.15, 0.2) is 0 Å². The van der Waals surface area contributed by atoms with E-state index in [4.69, 9.17) is 12.2 Å². The quantitative estimate of drug-likeness (QED) is 0.671. The van der Waals surface area contributed by atoms with Crippen LogP contribution >= 0.6 is 35.7 Å². The number of hydrogen-bond donors (Lipinski definition) is 0. The van der Waals surface area contributed by atoms with E-state index in [0.29, 0.717) is 5.37 Å². The van der Waals surface area contributed by atoms with Crippen molar-refractivity contribution in [2.45, 2.75) is 25.6 Å². The first kappa shape index (κ1) is 10.7. The first-order valence-electron chi connectivity index (χ1n) is 4.34. The highest BCUT2D eigenvalue weighted by Gasteiger charge is 2.24. The third-order valence-electron chi connectivity index (χ3n) is 1.85. The molecule has 0 aromatic heterocycles. The third kappa shape index (κ3) is 2.54. The topological polar surface area (TPSA) is 3.24 Å². The molecular formula is C8H15NS3. The van der Waals surface area contributed by atoms with Crippen LogP contribution in [-0.2, 0) is 0 Å². The Morgan fingerprint density at radius 1 is 1.67 bits per heavy atom. The Balaban J connectivity index is 2.46. The van der Waals surface area contributed by atoms with Crippen LogP contribution in [0.2, 0.25) is 0 Å². The first-order valence-corrected chi connectivity index (χ1v) is 6.78. The summed E-state index contributed by atoms with van der Waals surface area (Å²) in [5.41, 5.74) is 0. The lowest BCUT2D eigenvalue weighted by molar-refractivity contribution is 0.432. The number of thiocarbonyl (C=S) groups is 1. The number of hydrogen-bond acceptors (Lipinski definition) is 3. The largest absolute Gasteiger partial charge is 0.345 e. The summed E-state index contributed by atoms with van der Waals surface area (Å²) in [4.78, 5) is 2.37. The third-order valence-corrected chi connectivity index (χ3v) is 4.61. The molecule has 0 amide bonds. The molecule has 0 aromatic carbocycles. The van der Waals surface area contributed by atoms with Crippen molar-refractivity contribution < 1.29 is 0 Å². The monoisotopic (exact) mass is 221 g/mol. The predicted octanol–water partition coefficient (Wildman–Crippen LogP) is 2.81. The van der Waals surface area contributed by atoms with Crippen molar-refractivity contribution in [3.8, 4) is 0 Å². The molecule has 1 nitrogen and oxygen atoms in total. The van der Waals surface area contributed by atoms with Gasteiger partial charge in [0.2, 0.25) is 0 Å². The molecule has 1 rings (SSSR count). The molecule has 1 aliphatic rings. The summed E-state index contributed by atoms with van der Waals surface area (Å²) in [6, 6.07) is 0. The van der Waals surface area contributed by atoms with Crippen molar-refractivity contribution >= 4 is 40.1 Å². The molecule has 1 atom stereocenters. The van der Waals surface area contributed by atoms with E-state index in [0.717, 1.165) is 10.9 Å². The molecule has 1 fully saturated rings. The minimum absolute atomic E-state index is 0.623. The number of thioether (sulfide) groups is 2. The zero-order valence-electron chi connectivity index (χ0n) is 7.58. The van der Waals surface area contributed by atoms with E-state index >= 15 is 0 Å². The second kappa shape index (κ2) is 5.35. The van der Waals surface area contributed by atoms with Gasteiger partial charge >= 0.3 is 0 Å². The van der Waals surface area contributed by atoms with Gasteiger partial charge in [0.15, 0.2) is 0 Å². The normalized spacial score (nSPS) is 20.2. The van der Waals surface area contributed by atoms with E-state index in [-0.39, 0.29) is 0 Å². The standard InChI is InChI=1S/C8H15NS3/c1-3-7(11-4-2)9-5-6-12-8(9)10/h7H,3-6H2,1-2H3. The molecule has 0 radical (unpaired) electrons. The number of nitrogens with zero attached hydrogens (tertiary/aromatic N) is 1. The Kier molecular flexibility index (Phi) is 4.75. The molecule has 0 saturated carbocycles. The van der Waals surface area contributed by atoms with Crippen LogP contribution in [0.25, 0.3) is 0 Å². The van der Waals surface area contributed by atoms with Crippen molar-refractivity contribution in [3.63, 3.8) is 0 Å². The van der Waals surface area contributed by atoms with Crippen molar-refractivity contribution in [1.82, 2.24) is 4.90 Å². The Labute approximate surface area is 88.7 Å². The second-order valence-corrected chi connectivity index (χ2v) is 5.81. The molecule has 70 valence electrons. The van der Waals surface area contributed by atoms with Crippen LogP contribution in [0.3, 0.4) is 0 Å². The minimum atomic E-state index is 0.623. The Morgan fingerprint density at radius 2 is 2.42 bits per heavy atom. The summed E-state index contributed by atoms with van der Waals surface area (Å²) in [7, 11) is 0. The van der Waals surface area contributed by atoms with E-state index in [1.807, 2.05) is 23.5 Å². The fourth-order valence-corrected chi connectivity index (χ4v) is 3.75. The molecule has 4 heteroatoms. The molecule has 1 unspecified atom stereocenters. The van der Waals surface area contributed by atoms with Gasteiger partial charge in [-0.15, -0.1) is 11.8 Å². The molecule has 1 heterocycles. The first-order chi connectivity index (χ1) is 5.79. The van der Waals surface area contributed by atoms with Gasteiger partial charge in [-0.2, -0.15) is 0 Å². The molecule has 0 aliphatic carbocycles. The van der Waals surface area contributed by atoms with Gasteiger partial charge in [-0.05, 0) is 12.2 Å². The summed E-state index contributed by atoms with van der Waals surface area (Å²) >= 11 is 9.09. The van der Waals surface area contributed by atoms with Gasteiger partial charge < -0.3 is 4.90 Å². The van der Waals surface area contributed by atoms with E-state index in [1.165, 1.54) is 17.9 Å². The lowest BCUT2D eigenvalue weighted by Gasteiger charge is -2.26. The predicted molar refractivity (Wildman–Crippen MR) is 64.0 cm³/mol. The van der Waals surface area contributed by atoms with E-state index in [2.05, 4.69) is 18.7 Å². The lowest BCUT2D eigenvalue weighted by atomic mass is 10.4. The highest BCUT2D eigenvalue weighted by atomic mass is 32.2. The van der Waals surface area contributed by atoms with Gasteiger partial charge in [-0.3, -0.25) is 0 Å². The van der Waals surface area contributed by atoms with Gasteiger partial charge in [0, 0.05) is 12.3 Å². The summed E-state index contributed by atoms with van der Waals surface area (Å²) in [6.07, 6.45) is 1.19. The van der Waals surface area contributed by atoms with Gasteiger partial charge in [-0.25, -0.2) is 0 Å². The van der Waals surface area contributed by atoms with Crippen molar-refractivity contribution in [1.29, 1.82) is 0 Å². The zero-order chi connectivity index (χ0) is 8.97. The Bertz CT molecular complexity index is 160. The van der Waals surface area contributed by atoms with Crippen LogP contribution in [0, 0.1) is 0 Å². The molecule has 0 N–H and O–H groups in total. The summed E-state index contributed by atoms with van der Waals surface area (Å²) in [6.45, 7) is 5.59. The molecule has 12 heavy (non-hydrogen) atoms. The average Bonchev–Trinajstić information content (AvgIpc) is 2.47. The maximum atomic E-state index is 5.27. The van der Waals surface area contributed by atoms with Crippen molar-refractivity contribution in [2.24, 2.45) is 0 Å². The zero-order valence-corrected chi connectivity index (χ0v) is 10.0. The maximum Gasteiger partial charge on any atom is 0.137 e. The van der Waals surface area contributed by atoms with Gasteiger partial charge in [-0.1, -0.05) is 37.8 Å². The molecule has 0 bridgehead atoms. The molecular weight excluding hydrogens is 206 g/mol. The fourth-order valence-electron chi connectivity index (χ4n) is 1.29. The second-order valence-electron chi connectivity index (χ2n) is 2.63. The summed E-state index contributed by atoms with van der Waals surface area (Å²) < 4.78 is 1.10. The highest BCUT2D eigenvalue weighted by Crippen LogP contribution is 2.27. The summed E-state index contributed by atoms with van der Waals surface area (Å²) in [5.74, 6) is 2.36. The van der Waals surface area contributed by atoms with Crippen LogP contribution in [0.5, 0.6) is 0 Å². The Morgan fingerprint density at radius 3 is 2.83 bits per heavy atom. The SMILES string of the molecule is CCSC(CC)N1CCSC1=S. The van der Waals surface area contributed by atoms with Crippen LogP contribution < -0.4 is 0 Å². The van der Waals surface area contributed by atoms with Gasteiger partial charge in [0.1, 0.15) is 4.32 Å². The van der Waals surface area contributed by atoms with Gasteiger partial charge in [0.05, 0.1) is 5.37 Å². The van der Waals surface area contributed by atoms with E-state index in [9.17, 15) is 0 Å². The van der Waals surface area contributed by atoms with Crippen molar-refractivity contribution in [2.75, 3.05) is 18.1 Å². The Hall–Kier alpha value is 0.590. The number of rotatable bonds is 4. The fraction of sp³-hybridized carbons (Fsp3) is 0.875. The smallest absolute Gasteiger partial charge is 0.137 e. The molecule has 0 aromatic rings. The lowest BCUT2D eigenvalue weighted by Crippen LogP contribution is -2.32. The van der Waals surface area contributed by atoms with E-state index in [1.54, 1.807) is 0 Å². The molecule has 1 saturated heterocycles. The van der Waals surface area contributed by atoms with Gasteiger partial charge in [0.25, 0.3) is 0 Å². The van der Waals surface area contributed by atoms with Crippen LogP contribution in [0.4, 0.5) is 0 Å². The molecule has 0 spiro atoms. The minimum Gasteiger partial charge on any atom is -0.345 e. The van der Waals surface area contributed by atoms with Crippen LogP contribution in [-0.4, -0.2) is 32.6 Å².